The molecule has 5 atom stereocenters. The Hall–Kier alpha value is -3.41. The number of ketones is 1. The predicted molar refractivity (Wildman–Crippen MR) is 98.2 cm³/mol. The molecule has 32 heavy (non-hydrogen) atoms. The monoisotopic (exact) mass is 458 g/mol. The Morgan fingerprint density at radius 1 is 0.906 bits per heavy atom. The van der Waals surface area contributed by atoms with Gasteiger partial charge in [0.25, 0.3) is 0 Å². The van der Waals surface area contributed by atoms with Crippen LogP contribution in [0, 0.1) is 0 Å². The molecule has 1 aromatic carbocycles. The van der Waals surface area contributed by atoms with Gasteiger partial charge in [0.2, 0.25) is 12.5 Å². The third kappa shape index (κ3) is 5.84. The highest BCUT2D eigenvalue weighted by molar-refractivity contribution is 5.98. The van der Waals surface area contributed by atoms with Crippen LogP contribution in [-0.2, 0) is 42.9 Å². The van der Waals surface area contributed by atoms with Crippen LogP contribution in [0.5, 0.6) is 0 Å². The van der Waals surface area contributed by atoms with Gasteiger partial charge >= 0.3 is 29.7 Å². The maximum atomic E-state index is 15.6. The summed E-state index contributed by atoms with van der Waals surface area (Å²) in [4.78, 5) is 58.9. The van der Waals surface area contributed by atoms with Gasteiger partial charge in [0.1, 0.15) is 0 Å². The molecule has 0 radical (unpaired) electrons. The SMILES string of the molecule is CC(=O)O[C@@H]1[C@@H](OC(C)=O)[C@H](OC(C)=O)[C@](F)(C(=O)OCC(=O)c2ccccc2)O[C@H]1F. The van der Waals surface area contributed by atoms with E-state index >= 15 is 4.39 Å². The van der Waals surface area contributed by atoms with E-state index in [0.717, 1.165) is 20.8 Å². The molecular formula is C20H20F2O10. The first-order valence-corrected chi connectivity index (χ1v) is 9.23. The lowest BCUT2D eigenvalue weighted by molar-refractivity contribution is -0.336. The number of Topliss-reactive ketones (excluding diaryl/α,β-unsaturated/α-hetero) is 1. The van der Waals surface area contributed by atoms with Gasteiger partial charge in [0, 0.05) is 26.3 Å². The van der Waals surface area contributed by atoms with Crippen LogP contribution in [0.25, 0.3) is 0 Å². The summed E-state index contributed by atoms with van der Waals surface area (Å²) in [5, 5.41) is 0. The van der Waals surface area contributed by atoms with Gasteiger partial charge in [-0.2, -0.15) is 4.39 Å². The number of carbonyl (C=O) groups excluding carboxylic acids is 5. The molecule has 2 rings (SSSR count). The molecule has 0 N–H and O–H groups in total. The predicted octanol–water partition coefficient (Wildman–Crippen LogP) is 1.20. The number of rotatable bonds is 7. The maximum Gasteiger partial charge on any atom is 0.376 e. The minimum atomic E-state index is -3.83. The molecule has 0 aromatic heterocycles. The van der Waals surface area contributed by atoms with E-state index in [1.165, 1.54) is 12.1 Å². The molecule has 0 aliphatic carbocycles. The van der Waals surface area contributed by atoms with E-state index in [0.29, 0.717) is 0 Å². The van der Waals surface area contributed by atoms with Gasteiger partial charge in [0.15, 0.2) is 24.6 Å². The van der Waals surface area contributed by atoms with Crippen molar-refractivity contribution in [1.82, 2.24) is 0 Å². The molecule has 0 bridgehead atoms. The largest absolute Gasteiger partial charge is 0.454 e. The molecule has 0 amide bonds. The highest BCUT2D eigenvalue weighted by Gasteiger charge is 2.66. The lowest BCUT2D eigenvalue weighted by Gasteiger charge is -2.43. The van der Waals surface area contributed by atoms with E-state index in [1.54, 1.807) is 18.2 Å². The summed E-state index contributed by atoms with van der Waals surface area (Å²) in [5.74, 6) is -9.78. The number of esters is 4. The first kappa shape index (κ1) is 24.9. The van der Waals surface area contributed by atoms with E-state index in [-0.39, 0.29) is 5.56 Å². The molecule has 12 heteroatoms. The first-order chi connectivity index (χ1) is 15.0. The van der Waals surface area contributed by atoms with Gasteiger partial charge < -0.3 is 18.9 Å². The van der Waals surface area contributed by atoms with Crippen molar-refractivity contribution in [2.45, 2.75) is 51.3 Å². The van der Waals surface area contributed by atoms with Crippen molar-refractivity contribution < 1.29 is 56.4 Å². The fraction of sp³-hybridized carbons (Fsp3) is 0.450. The minimum Gasteiger partial charge on any atom is -0.454 e. The van der Waals surface area contributed by atoms with Gasteiger partial charge in [-0.05, 0) is 0 Å². The van der Waals surface area contributed by atoms with E-state index in [4.69, 9.17) is 9.47 Å². The van der Waals surface area contributed by atoms with E-state index in [9.17, 15) is 28.4 Å². The number of ether oxygens (including phenoxy) is 5. The van der Waals surface area contributed by atoms with Crippen LogP contribution in [0.1, 0.15) is 31.1 Å². The second-order valence-corrected chi connectivity index (χ2v) is 6.66. The summed E-state index contributed by atoms with van der Waals surface area (Å²) in [6.45, 7) is 1.64. The summed E-state index contributed by atoms with van der Waals surface area (Å²) in [6, 6.07) is 7.55. The molecule has 0 unspecified atom stereocenters. The molecule has 1 fully saturated rings. The highest BCUT2D eigenvalue weighted by atomic mass is 19.2. The van der Waals surface area contributed by atoms with Crippen molar-refractivity contribution in [2.24, 2.45) is 0 Å². The van der Waals surface area contributed by atoms with Crippen molar-refractivity contribution in [1.29, 1.82) is 0 Å². The summed E-state index contributed by atoms with van der Waals surface area (Å²) in [7, 11) is 0. The number of alkyl halides is 2. The average molecular weight is 458 g/mol. The van der Waals surface area contributed by atoms with Crippen LogP contribution in [-0.4, -0.2) is 66.8 Å². The lowest BCUT2D eigenvalue weighted by Crippen LogP contribution is -2.67. The summed E-state index contributed by atoms with van der Waals surface area (Å²) >= 11 is 0. The standard InChI is InChI=1S/C20H20F2O10/c1-10(23)29-15-16(30-11(2)24)18(21)32-20(22,17(15)31-12(3)25)19(27)28-9-14(26)13-7-5-4-6-8-13/h4-8,15-18H,9H2,1-3H3/t15-,16-,17+,18-,20-/m1/s1. The molecule has 1 aromatic rings. The van der Waals surface area contributed by atoms with Crippen LogP contribution in [0.15, 0.2) is 30.3 Å². The van der Waals surface area contributed by atoms with Crippen molar-refractivity contribution in [2.75, 3.05) is 6.61 Å². The zero-order chi connectivity index (χ0) is 24.1. The number of benzene rings is 1. The first-order valence-electron chi connectivity index (χ1n) is 9.23. The quantitative estimate of drug-likeness (QED) is 0.334. The average Bonchev–Trinajstić information content (AvgIpc) is 2.71. The third-order valence-corrected chi connectivity index (χ3v) is 4.14. The molecule has 1 heterocycles. The molecule has 1 saturated heterocycles. The van der Waals surface area contributed by atoms with Crippen molar-refractivity contribution in [3.05, 3.63) is 35.9 Å². The Kier molecular flexibility index (Phi) is 7.97. The smallest absolute Gasteiger partial charge is 0.376 e. The van der Waals surface area contributed by atoms with Crippen LogP contribution < -0.4 is 0 Å². The summed E-state index contributed by atoms with van der Waals surface area (Å²) in [6.07, 6.45) is -9.41. The van der Waals surface area contributed by atoms with Gasteiger partial charge in [-0.25, -0.2) is 9.18 Å². The van der Waals surface area contributed by atoms with Crippen molar-refractivity contribution >= 4 is 29.7 Å². The fourth-order valence-electron chi connectivity index (χ4n) is 2.89. The van der Waals surface area contributed by atoms with Crippen LogP contribution in [0.4, 0.5) is 8.78 Å². The van der Waals surface area contributed by atoms with Crippen LogP contribution in [0.3, 0.4) is 0 Å². The van der Waals surface area contributed by atoms with Crippen LogP contribution >= 0.6 is 0 Å². The van der Waals surface area contributed by atoms with Gasteiger partial charge in [-0.15, -0.1) is 0 Å². The highest BCUT2D eigenvalue weighted by Crippen LogP contribution is 2.38. The molecule has 0 spiro atoms. The second kappa shape index (κ2) is 10.3. The van der Waals surface area contributed by atoms with E-state index in [1.807, 2.05) is 0 Å². The molecule has 0 saturated carbocycles. The van der Waals surface area contributed by atoms with Gasteiger partial charge in [-0.1, -0.05) is 30.3 Å². The molecule has 1 aliphatic heterocycles. The molecular weight excluding hydrogens is 438 g/mol. The molecule has 10 nitrogen and oxygen atoms in total. The normalized spacial score (nSPS) is 27.0. The number of hydrogen-bond acceptors (Lipinski definition) is 10. The Morgan fingerprint density at radius 2 is 1.44 bits per heavy atom. The van der Waals surface area contributed by atoms with E-state index < -0.39 is 66.8 Å². The van der Waals surface area contributed by atoms with Gasteiger partial charge in [0.05, 0.1) is 0 Å². The molecule has 1 aliphatic rings. The number of halogens is 2. The Balaban J connectivity index is 2.33. The number of carbonyl (C=O) groups is 5. The summed E-state index contributed by atoms with van der Waals surface area (Å²) in [5.41, 5.74) is 0.144. The maximum absolute atomic E-state index is 15.6. The molecule has 174 valence electrons. The second-order valence-electron chi connectivity index (χ2n) is 6.66. The third-order valence-electron chi connectivity index (χ3n) is 4.14. The fourth-order valence-corrected chi connectivity index (χ4v) is 2.89. The minimum absolute atomic E-state index is 0.144. The summed E-state index contributed by atoms with van der Waals surface area (Å²) < 4.78 is 53.5. The topological polar surface area (TPSA) is 132 Å². The zero-order valence-corrected chi connectivity index (χ0v) is 17.2. The number of hydrogen-bond donors (Lipinski definition) is 0. The Labute approximate surface area is 180 Å². The Morgan fingerprint density at radius 3 is 1.97 bits per heavy atom. The van der Waals surface area contributed by atoms with E-state index in [2.05, 4.69) is 14.2 Å². The Bertz CT molecular complexity index is 890. The zero-order valence-electron chi connectivity index (χ0n) is 17.2. The van der Waals surface area contributed by atoms with Crippen LogP contribution in [0.2, 0.25) is 0 Å². The van der Waals surface area contributed by atoms with Gasteiger partial charge in [-0.3, -0.25) is 23.9 Å². The lowest BCUT2D eigenvalue weighted by atomic mass is 9.96. The van der Waals surface area contributed by atoms with Crippen molar-refractivity contribution in [3.8, 4) is 0 Å². The van der Waals surface area contributed by atoms with Crippen molar-refractivity contribution in [3.63, 3.8) is 0 Å².